The highest BCUT2D eigenvalue weighted by molar-refractivity contribution is 6.46. The average molecular weight is 367 g/mol. The molecule has 1 atom stereocenters. The van der Waals surface area contributed by atoms with Gasteiger partial charge in [-0.05, 0) is 19.4 Å². The van der Waals surface area contributed by atoms with Crippen molar-refractivity contribution in [1.29, 1.82) is 0 Å². The van der Waals surface area contributed by atoms with Crippen LogP contribution in [0.15, 0.2) is 54.1 Å². The lowest BCUT2D eigenvalue weighted by molar-refractivity contribution is -0.139. The molecule has 0 bridgehead atoms. The first-order valence-corrected chi connectivity index (χ1v) is 9.05. The molecule has 27 heavy (non-hydrogen) atoms. The molecule has 5 heteroatoms. The van der Waals surface area contributed by atoms with Crippen LogP contribution in [0.2, 0.25) is 0 Å². The summed E-state index contributed by atoms with van der Waals surface area (Å²) in [5.41, 5.74) is 1.57. The van der Waals surface area contributed by atoms with Gasteiger partial charge in [-0.2, -0.15) is 0 Å². The molecule has 0 spiro atoms. The number of amides is 1. The Morgan fingerprint density at radius 2 is 1.78 bits per heavy atom. The van der Waals surface area contributed by atoms with Gasteiger partial charge >= 0.3 is 0 Å². The van der Waals surface area contributed by atoms with Crippen molar-refractivity contribution in [3.63, 3.8) is 0 Å². The molecule has 1 aliphatic rings. The van der Waals surface area contributed by atoms with Gasteiger partial charge in [0.15, 0.2) is 0 Å². The Hall–Kier alpha value is -2.95. The van der Waals surface area contributed by atoms with Crippen LogP contribution in [-0.4, -0.2) is 28.2 Å². The molecule has 1 amide bonds. The van der Waals surface area contributed by atoms with Gasteiger partial charge in [0.1, 0.15) is 11.6 Å². The molecule has 2 aromatic rings. The van der Waals surface area contributed by atoms with Crippen molar-refractivity contribution in [2.75, 3.05) is 6.54 Å². The molecule has 0 unspecified atom stereocenters. The van der Waals surface area contributed by atoms with Crippen molar-refractivity contribution in [2.24, 2.45) is 0 Å². The van der Waals surface area contributed by atoms with Gasteiger partial charge in [0.05, 0.1) is 11.6 Å². The molecule has 1 N–H and O–H groups in total. The Labute approximate surface area is 157 Å². The molecule has 3 rings (SSSR count). The highest BCUT2D eigenvalue weighted by atomic mass is 19.1. The van der Waals surface area contributed by atoms with E-state index in [-0.39, 0.29) is 16.9 Å². The van der Waals surface area contributed by atoms with E-state index >= 15 is 0 Å². The fourth-order valence-corrected chi connectivity index (χ4v) is 3.33. The van der Waals surface area contributed by atoms with Gasteiger partial charge in [-0.1, -0.05) is 61.4 Å². The van der Waals surface area contributed by atoms with Crippen LogP contribution in [0, 0.1) is 12.7 Å². The third kappa shape index (κ3) is 3.50. The fourth-order valence-electron chi connectivity index (χ4n) is 3.33. The number of carbonyl (C=O) groups excluding carboxylic acids is 2. The number of hydrogen-bond donors (Lipinski definition) is 1. The number of benzene rings is 2. The van der Waals surface area contributed by atoms with Gasteiger partial charge in [-0.15, -0.1) is 0 Å². The quantitative estimate of drug-likeness (QED) is 0.485. The summed E-state index contributed by atoms with van der Waals surface area (Å²) in [6.45, 7) is 4.21. The summed E-state index contributed by atoms with van der Waals surface area (Å²) in [5.74, 6) is -2.27. The van der Waals surface area contributed by atoms with Gasteiger partial charge in [-0.25, -0.2) is 4.39 Å². The topological polar surface area (TPSA) is 57.6 Å². The minimum atomic E-state index is -0.931. The predicted molar refractivity (Wildman–Crippen MR) is 101 cm³/mol. The summed E-state index contributed by atoms with van der Waals surface area (Å²) in [6.07, 6.45) is 1.51. The van der Waals surface area contributed by atoms with Gasteiger partial charge < -0.3 is 10.0 Å². The summed E-state index contributed by atoms with van der Waals surface area (Å²) in [7, 11) is 0. The summed E-state index contributed by atoms with van der Waals surface area (Å²) >= 11 is 0. The summed E-state index contributed by atoms with van der Waals surface area (Å²) in [4.78, 5) is 26.7. The highest BCUT2D eigenvalue weighted by Gasteiger charge is 2.46. The fraction of sp³-hybridized carbons (Fsp3) is 0.273. The maximum absolute atomic E-state index is 14.5. The molecule has 4 nitrogen and oxygen atoms in total. The van der Waals surface area contributed by atoms with Crippen LogP contribution in [0.25, 0.3) is 5.76 Å². The molecule has 140 valence electrons. The van der Waals surface area contributed by atoms with Crippen molar-refractivity contribution < 1.29 is 19.1 Å². The van der Waals surface area contributed by atoms with Crippen LogP contribution in [0.4, 0.5) is 4.39 Å². The number of likely N-dealkylation sites (tertiary alicyclic amines) is 1. The van der Waals surface area contributed by atoms with Gasteiger partial charge in [0.2, 0.25) is 0 Å². The first kappa shape index (κ1) is 18.8. The zero-order valence-electron chi connectivity index (χ0n) is 15.4. The first-order chi connectivity index (χ1) is 13.0. The van der Waals surface area contributed by atoms with Crippen LogP contribution in [0.3, 0.4) is 0 Å². The molecule has 0 radical (unpaired) electrons. The Balaban J connectivity index is 2.18. The maximum atomic E-state index is 14.5. The summed E-state index contributed by atoms with van der Waals surface area (Å²) < 4.78 is 14.5. The SMILES string of the molecule is CCCCN1C(=O)C(=O)C(=C(O)c2ccc(C)cc2)[C@H]1c1ccccc1F. The van der Waals surface area contributed by atoms with Crippen molar-refractivity contribution in [3.05, 3.63) is 76.6 Å². The molecular weight excluding hydrogens is 345 g/mol. The minimum absolute atomic E-state index is 0.0648. The van der Waals surface area contributed by atoms with Crippen LogP contribution >= 0.6 is 0 Å². The van der Waals surface area contributed by atoms with E-state index in [0.717, 1.165) is 12.0 Å². The van der Waals surface area contributed by atoms with E-state index in [0.29, 0.717) is 18.5 Å². The maximum Gasteiger partial charge on any atom is 0.295 e. The Bertz CT molecular complexity index is 902. The molecule has 1 aliphatic heterocycles. The van der Waals surface area contributed by atoms with Crippen LogP contribution in [0.5, 0.6) is 0 Å². The molecule has 0 saturated carbocycles. The third-order valence-electron chi connectivity index (χ3n) is 4.82. The Kier molecular flexibility index (Phi) is 5.40. The molecule has 0 aliphatic carbocycles. The number of aliphatic hydroxyl groups is 1. The first-order valence-electron chi connectivity index (χ1n) is 9.05. The number of aryl methyl sites for hydroxylation is 1. The molecule has 1 fully saturated rings. The van der Waals surface area contributed by atoms with Gasteiger partial charge in [0.25, 0.3) is 11.7 Å². The second-order valence-corrected chi connectivity index (χ2v) is 6.73. The second-order valence-electron chi connectivity index (χ2n) is 6.73. The van der Waals surface area contributed by atoms with Crippen molar-refractivity contribution >= 4 is 17.4 Å². The van der Waals surface area contributed by atoms with E-state index < -0.39 is 23.5 Å². The minimum Gasteiger partial charge on any atom is -0.507 e. The summed E-state index contributed by atoms with van der Waals surface area (Å²) in [5, 5.41) is 10.8. The van der Waals surface area contributed by atoms with E-state index in [2.05, 4.69) is 0 Å². The number of hydrogen-bond acceptors (Lipinski definition) is 3. The number of carbonyl (C=O) groups is 2. The number of ketones is 1. The number of nitrogens with zero attached hydrogens (tertiary/aromatic N) is 1. The standard InChI is InChI=1S/C22H22FNO3/c1-3-4-13-24-19(16-7-5-6-8-17(16)23)18(21(26)22(24)27)20(25)15-11-9-14(2)10-12-15/h5-12,19,25H,3-4,13H2,1-2H3/t19-/m1/s1. The van der Waals surface area contributed by atoms with Crippen LogP contribution < -0.4 is 0 Å². The smallest absolute Gasteiger partial charge is 0.295 e. The van der Waals surface area contributed by atoms with E-state index in [9.17, 15) is 19.1 Å². The number of rotatable bonds is 5. The Morgan fingerprint density at radius 3 is 2.41 bits per heavy atom. The lowest BCUT2D eigenvalue weighted by atomic mass is 9.94. The third-order valence-corrected chi connectivity index (χ3v) is 4.82. The monoisotopic (exact) mass is 367 g/mol. The zero-order chi connectivity index (χ0) is 19.6. The molecule has 1 heterocycles. The van der Waals surface area contributed by atoms with E-state index in [1.807, 2.05) is 13.8 Å². The van der Waals surface area contributed by atoms with Gasteiger partial charge in [-0.3, -0.25) is 9.59 Å². The number of unbranched alkanes of at least 4 members (excludes halogenated alkanes) is 1. The van der Waals surface area contributed by atoms with Crippen LogP contribution in [-0.2, 0) is 9.59 Å². The zero-order valence-corrected chi connectivity index (χ0v) is 15.4. The number of Topliss-reactive ketones (excluding diaryl/α,β-unsaturated/α-hetero) is 1. The molecule has 0 aromatic heterocycles. The van der Waals surface area contributed by atoms with E-state index in [1.54, 1.807) is 42.5 Å². The number of aliphatic hydroxyl groups excluding tert-OH is 1. The largest absolute Gasteiger partial charge is 0.507 e. The van der Waals surface area contributed by atoms with Crippen LogP contribution in [0.1, 0.15) is 42.5 Å². The van der Waals surface area contributed by atoms with Crippen molar-refractivity contribution in [3.8, 4) is 0 Å². The molecule has 1 saturated heterocycles. The van der Waals surface area contributed by atoms with E-state index in [1.165, 1.54) is 11.0 Å². The van der Waals surface area contributed by atoms with Gasteiger partial charge in [0, 0.05) is 17.7 Å². The van der Waals surface area contributed by atoms with Crippen molar-refractivity contribution in [2.45, 2.75) is 32.7 Å². The molecule has 2 aromatic carbocycles. The predicted octanol–water partition coefficient (Wildman–Crippen LogP) is 4.36. The van der Waals surface area contributed by atoms with E-state index in [4.69, 9.17) is 0 Å². The average Bonchev–Trinajstić information content (AvgIpc) is 2.91. The molecular formula is C22H22FNO3. The summed E-state index contributed by atoms with van der Waals surface area (Å²) in [6, 6.07) is 12.1. The number of halogens is 1. The normalized spacial score (nSPS) is 18.9. The lowest BCUT2D eigenvalue weighted by Gasteiger charge is -2.25. The van der Waals surface area contributed by atoms with Crippen molar-refractivity contribution in [1.82, 2.24) is 4.90 Å². The lowest BCUT2D eigenvalue weighted by Crippen LogP contribution is -2.31. The second kappa shape index (κ2) is 7.74. The highest BCUT2D eigenvalue weighted by Crippen LogP contribution is 2.40. The Morgan fingerprint density at radius 1 is 1.11 bits per heavy atom.